The van der Waals surface area contributed by atoms with Crippen LogP contribution in [0.1, 0.15) is 77.3 Å². The molecule has 1 aliphatic heterocycles. The largest absolute Gasteiger partial charge is 0.461 e. The first-order valence-electron chi connectivity index (χ1n) is 16.7. The van der Waals surface area contributed by atoms with Crippen LogP contribution in [0, 0.1) is 0 Å². The third-order valence-corrected chi connectivity index (χ3v) is 9.62. The topological polar surface area (TPSA) is 123 Å². The number of likely N-dealkylation sites (tertiary alicyclic amines) is 1. The summed E-state index contributed by atoms with van der Waals surface area (Å²) in [6, 6.07) is 13.0. The maximum Gasteiger partial charge on any atom is 0.411 e. The van der Waals surface area contributed by atoms with E-state index in [9.17, 15) is 9.59 Å². The lowest BCUT2D eigenvalue weighted by molar-refractivity contribution is -0.157. The Kier molecular flexibility index (Phi) is 11.7. The fourth-order valence-corrected chi connectivity index (χ4v) is 6.88. The number of aromatic nitrogens is 2. The molecule has 2 atom stereocenters. The van der Waals surface area contributed by atoms with Crippen molar-refractivity contribution in [2.45, 2.75) is 103 Å². The maximum absolute atomic E-state index is 13.5. The summed E-state index contributed by atoms with van der Waals surface area (Å²) in [6.07, 6.45) is 6.21. The molecule has 2 heterocycles. The van der Waals surface area contributed by atoms with Gasteiger partial charge in [0, 0.05) is 46.8 Å². The summed E-state index contributed by atoms with van der Waals surface area (Å²) >= 11 is 12.7. The van der Waals surface area contributed by atoms with Gasteiger partial charge in [-0.25, -0.2) is 19.6 Å². The molecular formula is C36H46Cl2N6O4. The molecule has 2 aromatic carbocycles. The number of rotatable bonds is 10. The molecule has 0 spiro atoms. The van der Waals surface area contributed by atoms with Crippen LogP contribution in [0.25, 0.3) is 11.3 Å². The van der Waals surface area contributed by atoms with E-state index in [1.54, 1.807) is 29.3 Å². The van der Waals surface area contributed by atoms with Crippen LogP contribution in [-0.2, 0) is 27.4 Å². The Morgan fingerprint density at radius 3 is 2.40 bits per heavy atom. The van der Waals surface area contributed by atoms with Crippen LogP contribution in [0.2, 0.25) is 10.0 Å². The van der Waals surface area contributed by atoms with Crippen molar-refractivity contribution >= 4 is 46.9 Å². The van der Waals surface area contributed by atoms with E-state index in [2.05, 4.69) is 34.3 Å². The number of nitrogens with two attached hydrogens (primary N) is 1. The summed E-state index contributed by atoms with van der Waals surface area (Å²) < 4.78 is 11.6. The van der Waals surface area contributed by atoms with Gasteiger partial charge in [-0.3, -0.25) is 9.80 Å². The number of amides is 1. The van der Waals surface area contributed by atoms with E-state index in [1.807, 2.05) is 32.9 Å². The van der Waals surface area contributed by atoms with Gasteiger partial charge in [-0.15, -0.1) is 0 Å². The molecule has 2 aliphatic rings. The van der Waals surface area contributed by atoms with E-state index in [1.165, 1.54) is 0 Å². The Hall–Kier alpha value is -3.60. The van der Waals surface area contributed by atoms with E-state index in [0.717, 1.165) is 55.3 Å². The van der Waals surface area contributed by atoms with Crippen LogP contribution >= 0.6 is 23.2 Å². The molecule has 258 valence electrons. The van der Waals surface area contributed by atoms with Crippen LogP contribution in [0.5, 0.6) is 0 Å². The van der Waals surface area contributed by atoms with Crippen molar-refractivity contribution in [3.63, 3.8) is 0 Å². The van der Waals surface area contributed by atoms with Gasteiger partial charge in [-0.1, -0.05) is 60.5 Å². The Labute approximate surface area is 293 Å². The summed E-state index contributed by atoms with van der Waals surface area (Å²) in [5.74, 6) is 0.398. The number of nitrogen functional groups attached to an aromatic ring is 1. The zero-order valence-corrected chi connectivity index (χ0v) is 29.7. The number of halogens is 2. The lowest BCUT2D eigenvalue weighted by Crippen LogP contribution is -2.56. The second kappa shape index (κ2) is 15.7. The van der Waals surface area contributed by atoms with E-state index >= 15 is 0 Å². The standard InChI is InChI=1S/C36H46Cl2N6O4/c1-5-43(25-17-18-44(35(46)48-36(2,3)4)31(19-25)34(45)47-26-9-6-7-10-26)22-23-13-15-24(16-14-23)30-21-40-32(39)33(42-30)41-20-27-28(37)11-8-12-29(27)38/h8,11-16,21,25-26,31H,5-7,9-10,17-20,22H2,1-4H3,(H2,39,40)(H,41,42)/t25?,31-/m1/s1. The van der Waals surface area contributed by atoms with E-state index in [0.29, 0.717) is 47.6 Å². The Balaban J connectivity index is 1.26. The molecule has 1 unspecified atom stereocenters. The molecule has 1 saturated heterocycles. The Morgan fingerprint density at radius 2 is 1.75 bits per heavy atom. The Bertz CT molecular complexity index is 1560. The van der Waals surface area contributed by atoms with Crippen LogP contribution < -0.4 is 11.1 Å². The average Bonchev–Trinajstić information content (AvgIpc) is 3.56. The van der Waals surface area contributed by atoms with Gasteiger partial charge in [-0.05, 0) is 83.5 Å². The third kappa shape index (κ3) is 9.09. The fraction of sp³-hybridized carbons (Fsp3) is 0.500. The molecule has 48 heavy (non-hydrogen) atoms. The van der Waals surface area contributed by atoms with Crippen molar-refractivity contribution in [2.75, 3.05) is 24.1 Å². The zero-order valence-electron chi connectivity index (χ0n) is 28.2. The molecule has 12 heteroatoms. The summed E-state index contributed by atoms with van der Waals surface area (Å²) in [4.78, 5) is 39.7. The number of carbonyl (C=O) groups excluding carboxylic acids is 2. The van der Waals surface area contributed by atoms with Gasteiger partial charge in [0.05, 0.1) is 11.9 Å². The molecule has 3 N–H and O–H groups in total. The summed E-state index contributed by atoms with van der Waals surface area (Å²) in [7, 11) is 0. The van der Waals surface area contributed by atoms with Crippen molar-refractivity contribution in [1.82, 2.24) is 19.8 Å². The van der Waals surface area contributed by atoms with Gasteiger partial charge in [-0.2, -0.15) is 0 Å². The Morgan fingerprint density at radius 1 is 1.06 bits per heavy atom. The minimum Gasteiger partial charge on any atom is -0.461 e. The third-order valence-electron chi connectivity index (χ3n) is 8.91. The number of anilines is 2. The number of hydrogen-bond donors (Lipinski definition) is 2. The predicted octanol–water partition coefficient (Wildman–Crippen LogP) is 7.72. The number of esters is 1. The number of hydrogen-bond acceptors (Lipinski definition) is 9. The monoisotopic (exact) mass is 696 g/mol. The highest BCUT2D eigenvalue weighted by molar-refractivity contribution is 6.36. The SMILES string of the molecule is CCN(Cc1ccc(-c2cnc(N)c(NCc3c(Cl)cccc3Cl)n2)cc1)C1CCN(C(=O)OC(C)(C)C)[C@@H](C(=O)OC2CCCC2)C1. The molecule has 0 radical (unpaired) electrons. The van der Waals surface area contributed by atoms with E-state index in [-0.39, 0.29) is 23.9 Å². The molecule has 1 aromatic heterocycles. The molecule has 0 bridgehead atoms. The summed E-state index contributed by atoms with van der Waals surface area (Å²) in [6.45, 7) is 9.88. The first-order chi connectivity index (χ1) is 22.9. The maximum atomic E-state index is 13.5. The molecule has 10 nitrogen and oxygen atoms in total. The smallest absolute Gasteiger partial charge is 0.411 e. The highest BCUT2D eigenvalue weighted by Crippen LogP contribution is 2.30. The molecule has 3 aromatic rings. The summed E-state index contributed by atoms with van der Waals surface area (Å²) in [5, 5.41) is 4.33. The first kappa shape index (κ1) is 35.7. The normalized spacial score (nSPS) is 18.6. The number of ether oxygens (including phenoxy) is 2. The number of carbonyl (C=O) groups is 2. The lowest BCUT2D eigenvalue weighted by Gasteiger charge is -2.42. The van der Waals surface area contributed by atoms with Crippen LogP contribution in [-0.4, -0.2) is 68.7 Å². The van der Waals surface area contributed by atoms with Gasteiger partial charge in [0.1, 0.15) is 17.7 Å². The van der Waals surface area contributed by atoms with Crippen molar-refractivity contribution < 1.29 is 19.1 Å². The quantitative estimate of drug-likeness (QED) is 0.205. The zero-order chi connectivity index (χ0) is 34.4. The van der Waals surface area contributed by atoms with Gasteiger partial charge < -0.3 is 20.5 Å². The second-order valence-electron chi connectivity index (χ2n) is 13.5. The van der Waals surface area contributed by atoms with Crippen molar-refractivity contribution in [3.8, 4) is 11.3 Å². The van der Waals surface area contributed by atoms with E-state index < -0.39 is 17.7 Å². The number of benzene rings is 2. The molecule has 1 amide bonds. The average molecular weight is 698 g/mol. The highest BCUT2D eigenvalue weighted by atomic mass is 35.5. The number of nitrogens with zero attached hydrogens (tertiary/aromatic N) is 4. The van der Waals surface area contributed by atoms with Gasteiger partial charge in [0.15, 0.2) is 11.6 Å². The van der Waals surface area contributed by atoms with Gasteiger partial charge in [0.25, 0.3) is 0 Å². The van der Waals surface area contributed by atoms with E-state index in [4.69, 9.17) is 43.4 Å². The molecular weight excluding hydrogens is 651 g/mol. The minimum absolute atomic E-state index is 0.0716. The van der Waals surface area contributed by atoms with Crippen LogP contribution in [0.4, 0.5) is 16.4 Å². The van der Waals surface area contributed by atoms with Gasteiger partial charge in [0.2, 0.25) is 0 Å². The van der Waals surface area contributed by atoms with Crippen LogP contribution in [0.15, 0.2) is 48.7 Å². The van der Waals surface area contributed by atoms with Crippen molar-refractivity contribution in [1.29, 1.82) is 0 Å². The highest BCUT2D eigenvalue weighted by Gasteiger charge is 2.41. The molecule has 2 fully saturated rings. The van der Waals surface area contributed by atoms with Crippen LogP contribution in [0.3, 0.4) is 0 Å². The number of piperidine rings is 1. The lowest BCUT2D eigenvalue weighted by atomic mass is 9.95. The molecule has 5 rings (SSSR count). The molecule has 1 saturated carbocycles. The van der Waals surface area contributed by atoms with Gasteiger partial charge >= 0.3 is 12.1 Å². The summed E-state index contributed by atoms with van der Waals surface area (Å²) in [5.41, 5.74) is 8.92. The van der Waals surface area contributed by atoms with Crippen molar-refractivity contribution in [2.24, 2.45) is 0 Å². The van der Waals surface area contributed by atoms with Crippen molar-refractivity contribution in [3.05, 3.63) is 69.8 Å². The predicted molar refractivity (Wildman–Crippen MR) is 190 cm³/mol. The number of nitrogens with one attached hydrogen (secondary N) is 1. The minimum atomic E-state index is -0.684. The molecule has 1 aliphatic carbocycles. The second-order valence-corrected chi connectivity index (χ2v) is 14.3. The first-order valence-corrected chi connectivity index (χ1v) is 17.5. The fourth-order valence-electron chi connectivity index (χ4n) is 6.35.